The van der Waals surface area contributed by atoms with Gasteiger partial charge in [-0.05, 0) is 31.7 Å². The normalized spacial score (nSPS) is 12.8. The van der Waals surface area contributed by atoms with E-state index in [1.807, 2.05) is 24.9 Å². The van der Waals surface area contributed by atoms with E-state index in [0.717, 1.165) is 31.5 Å². The van der Waals surface area contributed by atoms with E-state index < -0.39 is 0 Å². The number of nitrogens with zero attached hydrogens (tertiary/aromatic N) is 4. The van der Waals surface area contributed by atoms with Crippen LogP contribution in [0.4, 0.5) is 0 Å². The smallest absolute Gasteiger partial charge is 0.0671 e. The first-order valence-corrected chi connectivity index (χ1v) is 7.70. The molecular formula is C15H23ClN4. The van der Waals surface area contributed by atoms with Crippen LogP contribution >= 0.6 is 11.6 Å². The molecule has 1 atom stereocenters. The number of hydrogen-bond donors (Lipinski definition) is 0. The highest BCUT2D eigenvalue weighted by Gasteiger charge is 2.19. The lowest BCUT2D eigenvalue weighted by Gasteiger charge is -2.08. The minimum Gasteiger partial charge on any atom is -0.276 e. The third kappa shape index (κ3) is 3.06. The SMILES string of the molecule is CCc1nn(CCc2cnn(C)c2)c(CC)c1C(C)Cl. The van der Waals surface area contributed by atoms with Crippen molar-refractivity contribution in [3.63, 3.8) is 0 Å². The Bertz CT molecular complexity index is 568. The highest BCUT2D eigenvalue weighted by molar-refractivity contribution is 6.20. The first-order valence-electron chi connectivity index (χ1n) is 7.26. The summed E-state index contributed by atoms with van der Waals surface area (Å²) >= 11 is 6.34. The zero-order valence-electron chi connectivity index (χ0n) is 12.7. The maximum atomic E-state index is 6.34. The summed E-state index contributed by atoms with van der Waals surface area (Å²) in [5.74, 6) is 0. The highest BCUT2D eigenvalue weighted by atomic mass is 35.5. The Balaban J connectivity index is 2.22. The van der Waals surface area contributed by atoms with Crippen LogP contribution in [-0.2, 0) is 32.9 Å². The molecule has 0 aliphatic carbocycles. The number of rotatable bonds is 6. The number of halogens is 1. The van der Waals surface area contributed by atoms with Gasteiger partial charge >= 0.3 is 0 Å². The van der Waals surface area contributed by atoms with Crippen molar-refractivity contribution in [2.45, 2.75) is 52.0 Å². The Morgan fingerprint density at radius 1 is 1.30 bits per heavy atom. The van der Waals surface area contributed by atoms with E-state index in [0.29, 0.717) is 0 Å². The molecule has 4 nitrogen and oxygen atoms in total. The van der Waals surface area contributed by atoms with E-state index in [2.05, 4.69) is 29.8 Å². The average molecular weight is 295 g/mol. The Morgan fingerprint density at radius 2 is 2.05 bits per heavy atom. The molecule has 0 fully saturated rings. The van der Waals surface area contributed by atoms with E-state index in [4.69, 9.17) is 16.7 Å². The van der Waals surface area contributed by atoms with Crippen LogP contribution in [0.2, 0.25) is 0 Å². The Kier molecular flexibility index (Phi) is 4.86. The largest absolute Gasteiger partial charge is 0.276 e. The Labute approximate surface area is 125 Å². The van der Waals surface area contributed by atoms with E-state index >= 15 is 0 Å². The van der Waals surface area contributed by atoms with Gasteiger partial charge < -0.3 is 0 Å². The van der Waals surface area contributed by atoms with Gasteiger partial charge in [-0.3, -0.25) is 9.36 Å². The molecule has 0 amide bonds. The van der Waals surface area contributed by atoms with Gasteiger partial charge in [0.25, 0.3) is 0 Å². The van der Waals surface area contributed by atoms with Gasteiger partial charge in [-0.15, -0.1) is 11.6 Å². The van der Waals surface area contributed by atoms with E-state index in [1.54, 1.807) is 0 Å². The predicted molar refractivity (Wildman–Crippen MR) is 82.2 cm³/mol. The molecule has 0 radical (unpaired) electrons. The molecule has 1 unspecified atom stereocenters. The van der Waals surface area contributed by atoms with E-state index in [9.17, 15) is 0 Å². The molecule has 2 rings (SSSR count). The van der Waals surface area contributed by atoms with Crippen LogP contribution in [0.5, 0.6) is 0 Å². The molecule has 0 bridgehead atoms. The van der Waals surface area contributed by atoms with Crippen LogP contribution in [0.25, 0.3) is 0 Å². The van der Waals surface area contributed by atoms with Gasteiger partial charge in [0.1, 0.15) is 0 Å². The van der Waals surface area contributed by atoms with E-state index in [1.165, 1.54) is 16.8 Å². The fraction of sp³-hybridized carbons (Fsp3) is 0.600. The second kappa shape index (κ2) is 6.44. The minimum absolute atomic E-state index is 0.0204. The number of aromatic nitrogens is 4. The second-order valence-electron chi connectivity index (χ2n) is 5.13. The standard InChI is InChI=1S/C15H23ClN4/c1-5-13-15(11(3)16)14(6-2)20(18-13)8-7-12-9-17-19(4)10-12/h9-11H,5-8H2,1-4H3. The third-order valence-electron chi connectivity index (χ3n) is 3.61. The molecule has 0 aliphatic rings. The molecule has 2 aromatic rings. The van der Waals surface area contributed by atoms with Gasteiger partial charge in [-0.25, -0.2) is 0 Å². The average Bonchev–Trinajstić information content (AvgIpc) is 2.99. The van der Waals surface area contributed by atoms with Crippen LogP contribution in [0, 0.1) is 0 Å². The fourth-order valence-corrected chi connectivity index (χ4v) is 2.93. The zero-order valence-corrected chi connectivity index (χ0v) is 13.5. The van der Waals surface area contributed by atoms with Crippen LogP contribution in [0.15, 0.2) is 12.4 Å². The van der Waals surface area contributed by atoms with Crippen LogP contribution in [0.3, 0.4) is 0 Å². The summed E-state index contributed by atoms with van der Waals surface area (Å²) in [7, 11) is 1.94. The quantitative estimate of drug-likeness (QED) is 0.767. The summed E-state index contributed by atoms with van der Waals surface area (Å²) in [5, 5.41) is 8.97. The van der Waals surface area contributed by atoms with Crippen molar-refractivity contribution in [1.82, 2.24) is 19.6 Å². The molecule has 5 heteroatoms. The molecule has 0 aliphatic heterocycles. The van der Waals surface area contributed by atoms with Crippen LogP contribution in [0.1, 0.15) is 48.7 Å². The molecule has 2 heterocycles. The first kappa shape index (κ1) is 15.1. The Hall–Kier alpha value is -1.29. The molecule has 20 heavy (non-hydrogen) atoms. The zero-order chi connectivity index (χ0) is 14.7. The lowest BCUT2D eigenvalue weighted by atomic mass is 10.1. The van der Waals surface area contributed by atoms with Crippen molar-refractivity contribution in [3.05, 3.63) is 34.9 Å². The lowest BCUT2D eigenvalue weighted by Crippen LogP contribution is -2.07. The van der Waals surface area contributed by atoms with Gasteiger partial charge in [0.05, 0.1) is 17.3 Å². The minimum atomic E-state index is 0.0204. The monoisotopic (exact) mass is 294 g/mol. The summed E-state index contributed by atoms with van der Waals surface area (Å²) in [4.78, 5) is 0. The summed E-state index contributed by atoms with van der Waals surface area (Å²) in [6, 6.07) is 0. The summed E-state index contributed by atoms with van der Waals surface area (Å²) in [6.45, 7) is 7.21. The van der Waals surface area contributed by atoms with Gasteiger partial charge in [-0.2, -0.15) is 10.2 Å². The topological polar surface area (TPSA) is 35.6 Å². The van der Waals surface area contributed by atoms with Gasteiger partial charge in [0.15, 0.2) is 0 Å². The maximum Gasteiger partial charge on any atom is 0.0671 e. The lowest BCUT2D eigenvalue weighted by molar-refractivity contribution is 0.580. The van der Waals surface area contributed by atoms with Crippen molar-refractivity contribution >= 4 is 11.6 Å². The van der Waals surface area contributed by atoms with Crippen LogP contribution in [-0.4, -0.2) is 19.6 Å². The van der Waals surface area contributed by atoms with Crippen molar-refractivity contribution in [3.8, 4) is 0 Å². The van der Waals surface area contributed by atoms with Crippen molar-refractivity contribution in [2.75, 3.05) is 0 Å². The molecule has 2 aromatic heterocycles. The number of alkyl halides is 1. The summed E-state index contributed by atoms with van der Waals surface area (Å²) < 4.78 is 3.96. The Morgan fingerprint density at radius 3 is 2.55 bits per heavy atom. The third-order valence-corrected chi connectivity index (χ3v) is 3.83. The molecular weight excluding hydrogens is 272 g/mol. The molecule has 0 saturated heterocycles. The molecule has 0 aromatic carbocycles. The van der Waals surface area contributed by atoms with Gasteiger partial charge in [0.2, 0.25) is 0 Å². The van der Waals surface area contributed by atoms with Gasteiger partial charge in [-0.1, -0.05) is 13.8 Å². The summed E-state index contributed by atoms with van der Waals surface area (Å²) in [5.41, 5.74) is 4.87. The fourth-order valence-electron chi connectivity index (χ4n) is 2.68. The number of aryl methyl sites for hydroxylation is 4. The molecule has 0 spiro atoms. The molecule has 0 N–H and O–H groups in total. The predicted octanol–water partition coefficient (Wildman–Crippen LogP) is 3.28. The molecule has 110 valence electrons. The van der Waals surface area contributed by atoms with Crippen molar-refractivity contribution in [2.24, 2.45) is 7.05 Å². The van der Waals surface area contributed by atoms with Gasteiger partial charge in [0, 0.05) is 31.0 Å². The summed E-state index contributed by atoms with van der Waals surface area (Å²) in [6.07, 6.45) is 6.81. The highest BCUT2D eigenvalue weighted by Crippen LogP contribution is 2.28. The van der Waals surface area contributed by atoms with Crippen LogP contribution < -0.4 is 0 Å². The van der Waals surface area contributed by atoms with Crippen molar-refractivity contribution in [1.29, 1.82) is 0 Å². The molecule has 0 saturated carbocycles. The first-order chi connectivity index (χ1) is 9.56. The van der Waals surface area contributed by atoms with Crippen molar-refractivity contribution < 1.29 is 0 Å². The second-order valence-corrected chi connectivity index (χ2v) is 5.78. The maximum absolute atomic E-state index is 6.34. The van der Waals surface area contributed by atoms with E-state index in [-0.39, 0.29) is 5.38 Å². The number of hydrogen-bond acceptors (Lipinski definition) is 2.